The summed E-state index contributed by atoms with van der Waals surface area (Å²) in [4.78, 5) is 23.9. The average molecular weight is 592 g/mol. The molecule has 0 bridgehead atoms. The lowest BCUT2D eigenvalue weighted by Gasteiger charge is -2.45. The van der Waals surface area contributed by atoms with E-state index < -0.39 is 12.1 Å². The van der Waals surface area contributed by atoms with Crippen molar-refractivity contribution in [2.75, 3.05) is 33.1 Å². The minimum atomic E-state index is -5.08. The van der Waals surface area contributed by atoms with Gasteiger partial charge in [-0.3, -0.25) is 0 Å². The number of anilines is 1. The number of carbonyl (C=O) groups is 2. The van der Waals surface area contributed by atoms with Gasteiger partial charge in [-0.2, -0.15) is 13.2 Å². The zero-order valence-electron chi connectivity index (χ0n) is 21.6. The number of carboxylic acid groups (broad SMARTS) is 1. The van der Waals surface area contributed by atoms with Crippen molar-refractivity contribution < 1.29 is 37.3 Å². The van der Waals surface area contributed by atoms with E-state index in [0.29, 0.717) is 21.8 Å². The highest BCUT2D eigenvalue weighted by Gasteiger charge is 2.50. The molecule has 2 aliphatic rings. The molecule has 2 aromatic carbocycles. The number of nitrogens with zero attached hydrogens (tertiary/aromatic N) is 1. The van der Waals surface area contributed by atoms with Crippen LogP contribution in [0.1, 0.15) is 31.2 Å². The van der Waals surface area contributed by atoms with Gasteiger partial charge in [-0.1, -0.05) is 29.3 Å². The molecule has 2 aromatic rings. The Labute approximate surface area is 234 Å². The molecule has 1 heterocycles. The predicted molar refractivity (Wildman–Crippen MR) is 142 cm³/mol. The Morgan fingerprint density at radius 2 is 1.74 bits per heavy atom. The number of aliphatic carboxylic acids is 1. The lowest BCUT2D eigenvalue weighted by molar-refractivity contribution is -0.192. The summed E-state index contributed by atoms with van der Waals surface area (Å²) in [5, 5.41) is 14.1. The number of nitrogens with one attached hydrogen (secondary N) is 2. The zero-order chi connectivity index (χ0) is 29.0. The Kier molecular flexibility index (Phi) is 9.84. The molecule has 214 valence electrons. The summed E-state index contributed by atoms with van der Waals surface area (Å²) in [6, 6.07) is 11.5. The van der Waals surface area contributed by atoms with Crippen molar-refractivity contribution in [3.8, 4) is 11.5 Å². The number of halogens is 5. The van der Waals surface area contributed by atoms with Gasteiger partial charge < -0.3 is 30.1 Å². The number of carboxylic acids is 1. The number of benzene rings is 2. The third-order valence-corrected chi connectivity index (χ3v) is 7.79. The minimum absolute atomic E-state index is 0.0441. The average Bonchev–Trinajstić information content (AvgIpc) is 3.22. The second-order valence-corrected chi connectivity index (χ2v) is 10.3. The van der Waals surface area contributed by atoms with Crippen LogP contribution in [0, 0.1) is 0 Å². The largest absolute Gasteiger partial charge is 0.493 e. The molecule has 13 heteroatoms. The molecule has 0 unspecified atom stereocenters. The Morgan fingerprint density at radius 3 is 2.33 bits per heavy atom. The van der Waals surface area contributed by atoms with Crippen LogP contribution in [-0.2, 0) is 10.2 Å². The molecule has 8 nitrogen and oxygen atoms in total. The number of carbonyl (C=O) groups excluding carboxylic acids is 1. The molecule has 2 fully saturated rings. The van der Waals surface area contributed by atoms with Crippen LogP contribution in [-0.4, -0.2) is 68.1 Å². The van der Waals surface area contributed by atoms with Crippen molar-refractivity contribution in [2.24, 2.45) is 0 Å². The van der Waals surface area contributed by atoms with Crippen LogP contribution in [0.5, 0.6) is 11.5 Å². The molecule has 0 radical (unpaired) electrons. The molecule has 2 amide bonds. The van der Waals surface area contributed by atoms with Crippen molar-refractivity contribution >= 4 is 40.9 Å². The second kappa shape index (κ2) is 12.5. The van der Waals surface area contributed by atoms with Crippen molar-refractivity contribution in [1.29, 1.82) is 0 Å². The van der Waals surface area contributed by atoms with Gasteiger partial charge in [0.2, 0.25) is 0 Å². The number of urea groups is 1. The lowest BCUT2D eigenvalue weighted by Crippen LogP contribution is -2.52. The first-order valence-corrected chi connectivity index (χ1v) is 12.8. The molecule has 1 saturated heterocycles. The van der Waals surface area contributed by atoms with E-state index in [2.05, 4.69) is 34.7 Å². The number of likely N-dealkylation sites (N-methyl/N-ethyl adjacent to an activating group) is 1. The third kappa shape index (κ3) is 7.20. The summed E-state index contributed by atoms with van der Waals surface area (Å²) in [5.74, 6) is -1.26. The van der Waals surface area contributed by atoms with Crippen molar-refractivity contribution in [2.45, 2.75) is 49.4 Å². The van der Waals surface area contributed by atoms with E-state index in [4.69, 9.17) is 42.6 Å². The lowest BCUT2D eigenvalue weighted by atomic mass is 9.65. The molecule has 1 saturated carbocycles. The quantitative estimate of drug-likeness (QED) is 0.397. The SMILES string of the molecule is COc1ccc([C@@]23CC[C@@H](NC(=O)Nc4ccc(Cl)cc4Cl)C[C@@H]2N(C)CC3)cc1OC.O=C(O)C(F)(F)F. The van der Waals surface area contributed by atoms with E-state index in [1.165, 1.54) is 5.56 Å². The first-order valence-electron chi connectivity index (χ1n) is 12.1. The predicted octanol–water partition coefficient (Wildman–Crippen LogP) is 5.96. The monoisotopic (exact) mass is 591 g/mol. The summed E-state index contributed by atoms with van der Waals surface area (Å²) in [6.45, 7) is 1.03. The molecule has 1 aliphatic heterocycles. The Morgan fingerprint density at radius 1 is 1.08 bits per heavy atom. The number of fused-ring (bicyclic) bond motifs is 1. The topological polar surface area (TPSA) is 100 Å². The molecule has 0 aromatic heterocycles. The van der Waals surface area contributed by atoms with E-state index in [-0.39, 0.29) is 17.5 Å². The number of methoxy groups -OCH3 is 2. The van der Waals surface area contributed by atoms with E-state index in [0.717, 1.165) is 43.7 Å². The van der Waals surface area contributed by atoms with E-state index in [9.17, 15) is 18.0 Å². The first kappa shape index (κ1) is 30.6. The Hall–Kier alpha value is -2.89. The molecule has 0 spiro atoms. The summed E-state index contributed by atoms with van der Waals surface area (Å²) in [6.07, 6.45) is -1.22. The number of alkyl halides is 3. The van der Waals surface area contributed by atoms with Gasteiger partial charge >= 0.3 is 18.2 Å². The minimum Gasteiger partial charge on any atom is -0.493 e. The number of ether oxygens (including phenoxy) is 2. The van der Waals surface area contributed by atoms with Crippen LogP contribution in [0.2, 0.25) is 10.0 Å². The van der Waals surface area contributed by atoms with Gasteiger partial charge in [0, 0.05) is 22.5 Å². The maximum absolute atomic E-state index is 12.6. The van der Waals surface area contributed by atoms with Gasteiger partial charge in [0.15, 0.2) is 11.5 Å². The maximum atomic E-state index is 12.6. The van der Waals surface area contributed by atoms with Gasteiger partial charge in [-0.05, 0) is 75.2 Å². The van der Waals surface area contributed by atoms with Crippen LogP contribution >= 0.6 is 23.2 Å². The van der Waals surface area contributed by atoms with Crippen molar-refractivity contribution in [3.63, 3.8) is 0 Å². The van der Waals surface area contributed by atoms with E-state index in [1.54, 1.807) is 32.4 Å². The Bertz CT molecular complexity index is 1200. The third-order valence-electron chi connectivity index (χ3n) is 7.24. The van der Waals surface area contributed by atoms with Gasteiger partial charge in [-0.15, -0.1) is 0 Å². The van der Waals surface area contributed by atoms with Gasteiger partial charge in [0.25, 0.3) is 0 Å². The highest BCUT2D eigenvalue weighted by molar-refractivity contribution is 6.36. The van der Waals surface area contributed by atoms with Crippen LogP contribution in [0.25, 0.3) is 0 Å². The van der Waals surface area contributed by atoms with Crippen molar-refractivity contribution in [1.82, 2.24) is 10.2 Å². The number of hydrogen-bond donors (Lipinski definition) is 3. The number of rotatable bonds is 5. The molecule has 1 aliphatic carbocycles. The molecular formula is C26H30Cl2F3N3O5. The molecule has 3 N–H and O–H groups in total. The second-order valence-electron chi connectivity index (χ2n) is 9.47. The number of amides is 2. The van der Waals surface area contributed by atoms with Crippen LogP contribution < -0.4 is 20.1 Å². The van der Waals surface area contributed by atoms with Crippen LogP contribution in [0.4, 0.5) is 23.7 Å². The molecule has 39 heavy (non-hydrogen) atoms. The standard InChI is InChI=1S/C24H29Cl2N3O3.C2HF3O2/c1-29-11-10-24(15-4-7-20(31-2)21(12-15)32-3)9-8-17(14-22(24)29)27-23(30)28-19-6-5-16(25)13-18(19)26;3-2(4,5)1(6)7/h4-7,12-13,17,22H,8-11,14H2,1-3H3,(H2,27,28,30);(H,6,7)/t17-,22+,24+;/m1./s1. The van der Waals surface area contributed by atoms with Crippen LogP contribution in [0.3, 0.4) is 0 Å². The summed E-state index contributed by atoms with van der Waals surface area (Å²) >= 11 is 12.1. The summed E-state index contributed by atoms with van der Waals surface area (Å²) in [5.41, 5.74) is 1.87. The first-order chi connectivity index (χ1) is 18.3. The van der Waals surface area contributed by atoms with Gasteiger partial charge in [0.1, 0.15) is 0 Å². The molecular weight excluding hydrogens is 562 g/mol. The van der Waals surface area contributed by atoms with E-state index in [1.807, 2.05) is 6.07 Å². The number of likely N-dealkylation sites (tertiary alicyclic amines) is 1. The zero-order valence-corrected chi connectivity index (χ0v) is 23.1. The smallest absolute Gasteiger partial charge is 0.490 e. The Balaban J connectivity index is 0.000000532. The summed E-state index contributed by atoms with van der Waals surface area (Å²) < 4.78 is 42.7. The van der Waals surface area contributed by atoms with Crippen molar-refractivity contribution in [3.05, 3.63) is 52.0 Å². The number of hydrogen-bond acceptors (Lipinski definition) is 5. The highest BCUT2D eigenvalue weighted by atomic mass is 35.5. The fourth-order valence-corrected chi connectivity index (χ4v) is 5.78. The highest BCUT2D eigenvalue weighted by Crippen LogP contribution is 2.49. The fraction of sp³-hybridized carbons (Fsp3) is 0.462. The normalized spacial score (nSPS) is 22.7. The molecule has 4 rings (SSSR count). The molecule has 3 atom stereocenters. The van der Waals surface area contributed by atoms with Gasteiger partial charge in [-0.25, -0.2) is 9.59 Å². The van der Waals surface area contributed by atoms with Crippen LogP contribution in [0.15, 0.2) is 36.4 Å². The summed E-state index contributed by atoms with van der Waals surface area (Å²) in [7, 11) is 5.49. The fourth-order valence-electron chi connectivity index (χ4n) is 5.33. The van der Waals surface area contributed by atoms with Gasteiger partial charge in [0.05, 0.1) is 24.9 Å². The maximum Gasteiger partial charge on any atom is 0.490 e. The van der Waals surface area contributed by atoms with E-state index >= 15 is 0 Å².